The summed E-state index contributed by atoms with van der Waals surface area (Å²) in [6, 6.07) is 9.32. The first kappa shape index (κ1) is 14.3. The van der Waals surface area contributed by atoms with E-state index in [2.05, 4.69) is 0 Å². The zero-order valence-electron chi connectivity index (χ0n) is 11.4. The van der Waals surface area contributed by atoms with Gasteiger partial charge in [0.15, 0.2) is 0 Å². The van der Waals surface area contributed by atoms with Gasteiger partial charge in [-0.05, 0) is 25.3 Å². The van der Waals surface area contributed by atoms with E-state index in [9.17, 15) is 14.9 Å². The molecule has 0 bridgehead atoms. The molecule has 1 amide bonds. The molecule has 108 valence electrons. The van der Waals surface area contributed by atoms with Crippen LogP contribution in [0.25, 0.3) is 0 Å². The van der Waals surface area contributed by atoms with Crippen molar-refractivity contribution in [1.29, 1.82) is 0 Å². The molecule has 2 rings (SSSR count). The molecule has 1 aromatic carbocycles. The van der Waals surface area contributed by atoms with Gasteiger partial charge in [-0.1, -0.05) is 30.3 Å². The fourth-order valence-electron chi connectivity index (χ4n) is 2.36. The lowest BCUT2D eigenvalue weighted by Crippen LogP contribution is -2.48. The van der Waals surface area contributed by atoms with Crippen LogP contribution in [-0.2, 0) is 4.74 Å². The van der Waals surface area contributed by atoms with Gasteiger partial charge < -0.3 is 4.74 Å². The van der Waals surface area contributed by atoms with Crippen molar-refractivity contribution in [1.82, 2.24) is 4.90 Å². The number of nitrogens with zero attached hydrogens (tertiary/aromatic N) is 2. The maximum atomic E-state index is 12.1. The van der Waals surface area contributed by atoms with Crippen molar-refractivity contribution in [2.45, 2.75) is 38.5 Å². The van der Waals surface area contributed by atoms with Crippen molar-refractivity contribution in [2.24, 2.45) is 0 Å². The van der Waals surface area contributed by atoms with Crippen LogP contribution in [0, 0.1) is 10.1 Å². The molecule has 1 aliphatic rings. The Morgan fingerprint density at radius 3 is 2.75 bits per heavy atom. The SMILES string of the molecule is CC(OC(=O)N1CCCCC1[N+](=O)[O-])c1ccccc1. The predicted octanol–water partition coefficient (Wildman–Crippen LogP) is 2.97. The van der Waals surface area contributed by atoms with Crippen molar-refractivity contribution >= 4 is 6.09 Å². The van der Waals surface area contributed by atoms with E-state index in [1.807, 2.05) is 30.3 Å². The molecule has 0 N–H and O–H groups in total. The van der Waals surface area contributed by atoms with Crippen LogP contribution in [0.4, 0.5) is 4.79 Å². The monoisotopic (exact) mass is 278 g/mol. The normalized spacial score (nSPS) is 20.2. The Morgan fingerprint density at radius 1 is 1.40 bits per heavy atom. The minimum Gasteiger partial charge on any atom is -0.441 e. The van der Waals surface area contributed by atoms with Gasteiger partial charge >= 0.3 is 6.09 Å². The summed E-state index contributed by atoms with van der Waals surface area (Å²) in [4.78, 5) is 23.9. The summed E-state index contributed by atoms with van der Waals surface area (Å²) in [5, 5.41) is 11.0. The highest BCUT2D eigenvalue weighted by Crippen LogP contribution is 2.22. The Kier molecular flexibility index (Phi) is 4.55. The third-order valence-corrected chi connectivity index (χ3v) is 3.50. The molecular formula is C14H18N2O4. The van der Waals surface area contributed by atoms with E-state index in [-0.39, 0.29) is 0 Å². The Hall–Kier alpha value is -2.11. The highest BCUT2D eigenvalue weighted by atomic mass is 16.6. The van der Waals surface area contributed by atoms with Crippen LogP contribution >= 0.6 is 0 Å². The van der Waals surface area contributed by atoms with Gasteiger partial charge in [0.1, 0.15) is 6.10 Å². The zero-order valence-corrected chi connectivity index (χ0v) is 11.4. The van der Waals surface area contributed by atoms with Crippen LogP contribution in [0.5, 0.6) is 0 Å². The summed E-state index contributed by atoms with van der Waals surface area (Å²) in [5.41, 5.74) is 0.871. The predicted molar refractivity (Wildman–Crippen MR) is 72.7 cm³/mol. The van der Waals surface area contributed by atoms with Crippen LogP contribution in [-0.4, -0.2) is 28.6 Å². The molecule has 0 aliphatic carbocycles. The van der Waals surface area contributed by atoms with E-state index in [1.165, 1.54) is 4.90 Å². The van der Waals surface area contributed by atoms with Crippen molar-refractivity contribution < 1.29 is 14.5 Å². The quantitative estimate of drug-likeness (QED) is 0.629. The summed E-state index contributed by atoms with van der Waals surface area (Å²) in [5.74, 6) is 0. The molecule has 20 heavy (non-hydrogen) atoms. The number of likely N-dealkylation sites (tertiary alicyclic amines) is 1. The molecule has 1 aliphatic heterocycles. The maximum absolute atomic E-state index is 12.1. The largest absolute Gasteiger partial charge is 0.441 e. The van der Waals surface area contributed by atoms with E-state index >= 15 is 0 Å². The lowest BCUT2D eigenvalue weighted by Gasteiger charge is -2.29. The summed E-state index contributed by atoms with van der Waals surface area (Å²) < 4.78 is 5.34. The number of carbonyl (C=O) groups is 1. The standard InChI is InChI=1S/C14H18N2O4/c1-11(12-7-3-2-4-8-12)20-14(17)15-10-6-5-9-13(15)16(18)19/h2-4,7-8,11,13H,5-6,9-10H2,1H3. The van der Waals surface area contributed by atoms with Gasteiger partial charge in [-0.25, -0.2) is 9.69 Å². The summed E-state index contributed by atoms with van der Waals surface area (Å²) in [7, 11) is 0. The highest BCUT2D eigenvalue weighted by Gasteiger charge is 2.36. The topological polar surface area (TPSA) is 72.7 Å². The van der Waals surface area contributed by atoms with E-state index in [4.69, 9.17) is 4.74 Å². The van der Waals surface area contributed by atoms with E-state index in [0.717, 1.165) is 18.4 Å². The van der Waals surface area contributed by atoms with Crippen LogP contribution < -0.4 is 0 Å². The number of piperidine rings is 1. The molecule has 1 fully saturated rings. The Bertz CT molecular complexity index is 477. The highest BCUT2D eigenvalue weighted by molar-refractivity contribution is 5.68. The third-order valence-electron chi connectivity index (χ3n) is 3.50. The Morgan fingerprint density at radius 2 is 2.10 bits per heavy atom. The fraction of sp³-hybridized carbons (Fsp3) is 0.500. The van der Waals surface area contributed by atoms with E-state index < -0.39 is 23.3 Å². The summed E-state index contributed by atoms with van der Waals surface area (Å²) in [6.07, 6.45) is -0.0509. The van der Waals surface area contributed by atoms with Crippen LogP contribution in [0.3, 0.4) is 0 Å². The number of nitro groups is 1. The van der Waals surface area contributed by atoms with Gasteiger partial charge in [0.25, 0.3) is 6.17 Å². The lowest BCUT2D eigenvalue weighted by atomic mass is 10.1. The molecule has 2 atom stereocenters. The zero-order chi connectivity index (χ0) is 14.5. The number of hydrogen-bond donors (Lipinski definition) is 0. The maximum Gasteiger partial charge on any atom is 0.415 e. The number of rotatable bonds is 3. The molecule has 1 heterocycles. The molecule has 6 nitrogen and oxygen atoms in total. The van der Waals surface area contributed by atoms with Crippen molar-refractivity contribution in [3.05, 3.63) is 46.0 Å². The molecule has 2 unspecified atom stereocenters. The molecule has 0 saturated carbocycles. The average molecular weight is 278 g/mol. The minimum atomic E-state index is -0.959. The van der Waals surface area contributed by atoms with Crippen molar-refractivity contribution in [3.8, 4) is 0 Å². The Balaban J connectivity index is 2.01. The minimum absolute atomic E-state index is 0.381. The third kappa shape index (κ3) is 3.26. The van der Waals surface area contributed by atoms with E-state index in [0.29, 0.717) is 13.0 Å². The van der Waals surface area contributed by atoms with Crippen LogP contribution in [0.1, 0.15) is 37.9 Å². The van der Waals surface area contributed by atoms with Crippen molar-refractivity contribution in [3.63, 3.8) is 0 Å². The van der Waals surface area contributed by atoms with E-state index in [1.54, 1.807) is 6.92 Å². The lowest BCUT2D eigenvalue weighted by molar-refractivity contribution is -0.549. The number of benzene rings is 1. The van der Waals surface area contributed by atoms with Gasteiger partial charge in [-0.2, -0.15) is 0 Å². The van der Waals surface area contributed by atoms with Crippen molar-refractivity contribution in [2.75, 3.05) is 6.54 Å². The first-order valence-electron chi connectivity index (χ1n) is 6.75. The molecule has 0 aromatic heterocycles. The molecule has 6 heteroatoms. The number of carbonyl (C=O) groups excluding carboxylic acids is 1. The molecule has 0 radical (unpaired) electrons. The molecule has 1 aromatic rings. The second kappa shape index (κ2) is 6.36. The number of ether oxygens (including phenoxy) is 1. The Labute approximate surface area is 117 Å². The van der Waals surface area contributed by atoms with Crippen LogP contribution in [0.2, 0.25) is 0 Å². The molecule has 1 saturated heterocycles. The first-order chi connectivity index (χ1) is 9.59. The average Bonchev–Trinajstić information content (AvgIpc) is 2.48. The second-order valence-corrected chi connectivity index (χ2v) is 4.89. The fourth-order valence-corrected chi connectivity index (χ4v) is 2.36. The number of amides is 1. The molecular weight excluding hydrogens is 260 g/mol. The number of hydrogen-bond acceptors (Lipinski definition) is 4. The smallest absolute Gasteiger partial charge is 0.415 e. The summed E-state index contributed by atoms with van der Waals surface area (Å²) >= 11 is 0. The molecule has 0 spiro atoms. The summed E-state index contributed by atoms with van der Waals surface area (Å²) in [6.45, 7) is 2.14. The van der Waals surface area contributed by atoms with Gasteiger partial charge in [-0.15, -0.1) is 0 Å². The van der Waals surface area contributed by atoms with Crippen LogP contribution in [0.15, 0.2) is 30.3 Å². The van der Waals surface area contributed by atoms with Gasteiger partial charge in [0.2, 0.25) is 0 Å². The van der Waals surface area contributed by atoms with Gasteiger partial charge in [-0.3, -0.25) is 10.1 Å². The van der Waals surface area contributed by atoms with Gasteiger partial charge in [0, 0.05) is 17.9 Å². The first-order valence-corrected chi connectivity index (χ1v) is 6.75. The van der Waals surface area contributed by atoms with Gasteiger partial charge in [0.05, 0.1) is 0 Å². The second-order valence-electron chi connectivity index (χ2n) is 4.89.